The summed E-state index contributed by atoms with van der Waals surface area (Å²) < 4.78 is 13.1. The first-order valence-electron chi connectivity index (χ1n) is 10.2. The van der Waals surface area contributed by atoms with E-state index in [0.29, 0.717) is 18.7 Å². The molecule has 0 radical (unpaired) electrons. The van der Waals surface area contributed by atoms with Gasteiger partial charge in [-0.1, -0.05) is 0 Å². The number of likely N-dealkylation sites (tertiary alicyclic amines) is 1. The summed E-state index contributed by atoms with van der Waals surface area (Å²) in [7, 11) is 2.13. The lowest BCUT2D eigenvalue weighted by molar-refractivity contribution is 0.0842. The Kier molecular flexibility index (Phi) is 7.02. The van der Waals surface area contributed by atoms with Crippen molar-refractivity contribution < 1.29 is 14.0 Å². The van der Waals surface area contributed by atoms with Crippen LogP contribution in [0.2, 0.25) is 0 Å². The Morgan fingerprint density at radius 2 is 1.82 bits per heavy atom. The molecule has 2 aliphatic heterocycles. The zero-order valence-electron chi connectivity index (χ0n) is 16.9. The Balaban J connectivity index is 1.49. The molecule has 2 amide bonds. The maximum Gasteiger partial charge on any atom is 0.317 e. The second kappa shape index (κ2) is 9.47. The van der Waals surface area contributed by atoms with Gasteiger partial charge >= 0.3 is 6.03 Å². The SMILES string of the molecule is CC(CN1CCN(C)CC1)NC(=O)N1CCCC(C(=O)c2ccc(F)cc2)C1. The number of benzene rings is 1. The molecule has 1 N–H and O–H groups in total. The van der Waals surface area contributed by atoms with Gasteiger partial charge in [-0.05, 0) is 51.1 Å². The van der Waals surface area contributed by atoms with Crippen molar-refractivity contribution in [3.63, 3.8) is 0 Å². The molecular weight excluding hydrogens is 359 g/mol. The highest BCUT2D eigenvalue weighted by Gasteiger charge is 2.29. The number of nitrogens with zero attached hydrogens (tertiary/aromatic N) is 3. The number of hydrogen-bond donors (Lipinski definition) is 1. The van der Waals surface area contributed by atoms with Crippen LogP contribution in [0.25, 0.3) is 0 Å². The molecule has 3 rings (SSSR count). The third kappa shape index (κ3) is 5.52. The number of ketones is 1. The predicted octanol–water partition coefficient (Wildman–Crippen LogP) is 2.07. The number of halogens is 1. The Labute approximate surface area is 166 Å². The van der Waals surface area contributed by atoms with Crippen molar-refractivity contribution in [3.8, 4) is 0 Å². The van der Waals surface area contributed by atoms with Gasteiger partial charge in [-0.25, -0.2) is 9.18 Å². The van der Waals surface area contributed by atoms with E-state index in [4.69, 9.17) is 0 Å². The number of carbonyl (C=O) groups excluding carboxylic acids is 2. The number of hydrogen-bond acceptors (Lipinski definition) is 4. The summed E-state index contributed by atoms with van der Waals surface area (Å²) in [6.07, 6.45) is 1.56. The summed E-state index contributed by atoms with van der Waals surface area (Å²) in [6, 6.07) is 5.62. The third-order valence-corrected chi connectivity index (χ3v) is 5.71. The van der Waals surface area contributed by atoms with Crippen LogP contribution in [0, 0.1) is 11.7 Å². The Morgan fingerprint density at radius 3 is 2.50 bits per heavy atom. The molecule has 1 aromatic carbocycles. The number of likely N-dealkylation sites (N-methyl/N-ethyl adjacent to an activating group) is 1. The van der Waals surface area contributed by atoms with Crippen molar-refractivity contribution in [2.75, 3.05) is 52.9 Å². The number of carbonyl (C=O) groups is 2. The lowest BCUT2D eigenvalue weighted by atomic mass is 9.90. The van der Waals surface area contributed by atoms with Gasteiger partial charge in [-0.15, -0.1) is 0 Å². The fraction of sp³-hybridized carbons (Fsp3) is 0.619. The average molecular weight is 391 g/mol. The summed E-state index contributed by atoms with van der Waals surface area (Å²) in [5.74, 6) is -0.587. The van der Waals surface area contributed by atoms with Crippen molar-refractivity contribution in [1.82, 2.24) is 20.0 Å². The first kappa shape index (κ1) is 20.7. The van der Waals surface area contributed by atoms with Crippen molar-refractivity contribution in [2.45, 2.75) is 25.8 Å². The predicted molar refractivity (Wildman–Crippen MR) is 107 cm³/mol. The largest absolute Gasteiger partial charge is 0.334 e. The smallest absolute Gasteiger partial charge is 0.317 e. The number of piperidine rings is 1. The van der Waals surface area contributed by atoms with Crippen LogP contribution >= 0.6 is 0 Å². The number of amides is 2. The highest BCUT2D eigenvalue weighted by Crippen LogP contribution is 2.21. The standard InChI is InChI=1S/C21H31FN4O2/c1-16(14-25-12-10-24(2)11-13-25)23-21(28)26-9-3-4-18(15-26)20(27)17-5-7-19(22)8-6-17/h5-8,16,18H,3-4,9-15H2,1-2H3,(H,23,28). The molecule has 2 saturated heterocycles. The molecule has 1 aromatic rings. The number of piperazine rings is 1. The summed E-state index contributed by atoms with van der Waals surface area (Å²) >= 11 is 0. The number of rotatable bonds is 5. The van der Waals surface area contributed by atoms with E-state index in [9.17, 15) is 14.0 Å². The van der Waals surface area contributed by atoms with E-state index in [1.807, 2.05) is 6.92 Å². The molecule has 0 bridgehead atoms. The van der Waals surface area contributed by atoms with Crippen LogP contribution in [-0.2, 0) is 0 Å². The topological polar surface area (TPSA) is 55.9 Å². The van der Waals surface area contributed by atoms with E-state index in [-0.39, 0.29) is 29.6 Å². The number of urea groups is 1. The van der Waals surface area contributed by atoms with Crippen molar-refractivity contribution >= 4 is 11.8 Å². The molecule has 7 heteroatoms. The van der Waals surface area contributed by atoms with E-state index in [0.717, 1.165) is 45.6 Å². The van der Waals surface area contributed by atoms with E-state index < -0.39 is 0 Å². The molecule has 2 fully saturated rings. The zero-order valence-corrected chi connectivity index (χ0v) is 16.9. The van der Waals surface area contributed by atoms with E-state index in [1.54, 1.807) is 4.90 Å². The Hall–Kier alpha value is -1.99. The summed E-state index contributed by atoms with van der Waals surface area (Å²) in [5, 5.41) is 3.09. The van der Waals surface area contributed by atoms with Crippen LogP contribution in [0.4, 0.5) is 9.18 Å². The van der Waals surface area contributed by atoms with Gasteiger partial charge in [0.2, 0.25) is 0 Å². The molecule has 0 aliphatic carbocycles. The van der Waals surface area contributed by atoms with Crippen LogP contribution in [0.15, 0.2) is 24.3 Å². The monoisotopic (exact) mass is 390 g/mol. The third-order valence-electron chi connectivity index (χ3n) is 5.71. The van der Waals surface area contributed by atoms with Gasteiger partial charge in [0.05, 0.1) is 0 Å². The summed E-state index contributed by atoms with van der Waals surface area (Å²) in [4.78, 5) is 31.8. The number of Topliss-reactive ketones (excluding diaryl/α,β-unsaturated/α-hetero) is 1. The van der Waals surface area contributed by atoms with E-state index >= 15 is 0 Å². The average Bonchev–Trinajstić information content (AvgIpc) is 2.70. The summed E-state index contributed by atoms with van der Waals surface area (Å²) in [6.45, 7) is 8.11. The molecule has 6 nitrogen and oxygen atoms in total. The molecule has 0 aromatic heterocycles. The minimum absolute atomic E-state index is 0.0111. The highest BCUT2D eigenvalue weighted by molar-refractivity contribution is 5.98. The molecule has 0 saturated carbocycles. The summed E-state index contributed by atoms with van der Waals surface area (Å²) in [5.41, 5.74) is 0.511. The van der Waals surface area contributed by atoms with Crippen molar-refractivity contribution in [3.05, 3.63) is 35.6 Å². The van der Waals surface area contributed by atoms with Gasteiger partial charge in [0, 0.05) is 63.3 Å². The highest BCUT2D eigenvalue weighted by atomic mass is 19.1. The lowest BCUT2D eigenvalue weighted by Crippen LogP contribution is -2.53. The number of nitrogens with one attached hydrogen (secondary N) is 1. The fourth-order valence-corrected chi connectivity index (χ4v) is 3.99. The first-order valence-corrected chi connectivity index (χ1v) is 10.2. The molecule has 2 unspecified atom stereocenters. The van der Waals surface area contributed by atoms with Crippen LogP contribution in [0.3, 0.4) is 0 Å². The normalized spacial score (nSPS) is 22.7. The first-order chi connectivity index (χ1) is 13.4. The quantitative estimate of drug-likeness (QED) is 0.782. The molecule has 2 atom stereocenters. The Bertz CT molecular complexity index is 673. The van der Waals surface area contributed by atoms with Gasteiger partial charge in [0.25, 0.3) is 0 Å². The zero-order chi connectivity index (χ0) is 20.1. The van der Waals surface area contributed by atoms with Crippen molar-refractivity contribution in [2.24, 2.45) is 5.92 Å². The van der Waals surface area contributed by atoms with Gasteiger partial charge in [-0.2, -0.15) is 0 Å². The van der Waals surface area contributed by atoms with Crippen LogP contribution in [-0.4, -0.2) is 85.4 Å². The van der Waals surface area contributed by atoms with Crippen LogP contribution in [0.5, 0.6) is 0 Å². The van der Waals surface area contributed by atoms with Crippen LogP contribution < -0.4 is 5.32 Å². The van der Waals surface area contributed by atoms with Gasteiger partial charge in [0.15, 0.2) is 5.78 Å². The molecule has 28 heavy (non-hydrogen) atoms. The molecule has 154 valence electrons. The van der Waals surface area contributed by atoms with Gasteiger partial charge < -0.3 is 15.1 Å². The van der Waals surface area contributed by atoms with Gasteiger partial charge in [-0.3, -0.25) is 9.69 Å². The minimum atomic E-state index is -0.351. The molecule has 2 aliphatic rings. The molecule has 2 heterocycles. The van der Waals surface area contributed by atoms with Gasteiger partial charge in [0.1, 0.15) is 5.82 Å². The van der Waals surface area contributed by atoms with E-state index in [1.165, 1.54) is 24.3 Å². The Morgan fingerprint density at radius 1 is 1.14 bits per heavy atom. The second-order valence-electron chi connectivity index (χ2n) is 8.11. The maximum absolute atomic E-state index is 13.1. The minimum Gasteiger partial charge on any atom is -0.334 e. The van der Waals surface area contributed by atoms with Crippen LogP contribution in [0.1, 0.15) is 30.1 Å². The van der Waals surface area contributed by atoms with Crippen molar-refractivity contribution in [1.29, 1.82) is 0 Å². The second-order valence-corrected chi connectivity index (χ2v) is 8.11. The van der Waals surface area contributed by atoms with E-state index in [2.05, 4.69) is 22.2 Å². The maximum atomic E-state index is 13.1. The molecular formula is C21H31FN4O2. The molecule has 0 spiro atoms. The fourth-order valence-electron chi connectivity index (χ4n) is 3.99. The lowest BCUT2D eigenvalue weighted by Gasteiger charge is -2.36.